The molecular weight excluding hydrogens is 1150 g/mol. The molecule has 0 rings (SSSR count). The molecule has 0 heterocycles. The number of nitrogens with one attached hydrogen (secondary N) is 4. The van der Waals surface area contributed by atoms with Crippen LogP contribution >= 0.6 is 0 Å². The molecule has 510 valence electrons. The number of carbonyl (C=O) groups excluding carboxylic acids is 11. The van der Waals surface area contributed by atoms with Gasteiger partial charge in [-0.15, -0.1) is 0 Å². The van der Waals surface area contributed by atoms with E-state index in [4.69, 9.17) is 10.5 Å². The highest BCUT2D eigenvalue weighted by molar-refractivity contribution is 5.99. The molecule has 0 aliphatic rings. The molecule has 89 heavy (non-hydrogen) atoms. The van der Waals surface area contributed by atoms with Crippen LogP contribution in [0, 0.1) is 41.4 Å². The lowest BCUT2D eigenvalue weighted by molar-refractivity contribution is -0.155. The molecule has 0 saturated carbocycles. The van der Waals surface area contributed by atoms with Crippen LogP contribution in [0.2, 0.25) is 0 Å². The van der Waals surface area contributed by atoms with Crippen molar-refractivity contribution < 1.29 is 72.5 Å². The molecule has 10 amide bonds. The number of nitrogens with two attached hydrogens (primary N) is 1. The summed E-state index contributed by atoms with van der Waals surface area (Å²) >= 11 is 0. The minimum atomic E-state index is -1.71. The Balaban J connectivity index is 7.15. The summed E-state index contributed by atoms with van der Waals surface area (Å²) in [7, 11) is 8.27. The third-order valence-electron chi connectivity index (χ3n) is 15.6. The maximum atomic E-state index is 15.0. The van der Waals surface area contributed by atoms with Crippen LogP contribution in [0.1, 0.15) is 156 Å². The fourth-order valence-corrected chi connectivity index (χ4v) is 10.2. The fourth-order valence-electron chi connectivity index (χ4n) is 10.2. The second-order valence-electron chi connectivity index (χ2n) is 26.2. The Hall–Kier alpha value is -6.70. The smallest absolute Gasteiger partial charge is 0.326 e. The molecule has 8 N–H and O–H groups in total. The molecular formula is C63H113N11O15. The molecule has 0 spiro atoms. The normalized spacial score (nSPS) is 15.8. The van der Waals surface area contributed by atoms with Crippen LogP contribution in [0.3, 0.4) is 0 Å². The third-order valence-corrected chi connectivity index (χ3v) is 15.6. The lowest BCUT2D eigenvalue weighted by atomic mass is 9.92. The van der Waals surface area contributed by atoms with Crippen molar-refractivity contribution in [1.29, 1.82) is 0 Å². The average molecular weight is 1260 g/mol. The Morgan fingerprint density at radius 1 is 0.506 bits per heavy atom. The van der Waals surface area contributed by atoms with Crippen molar-refractivity contribution in [2.75, 3.05) is 55.4 Å². The number of amides is 10. The molecule has 0 aliphatic carbocycles. The van der Waals surface area contributed by atoms with E-state index < -0.39 is 168 Å². The first-order chi connectivity index (χ1) is 41.0. The van der Waals surface area contributed by atoms with Gasteiger partial charge in [0.15, 0.2) is 0 Å². The molecule has 0 radical (unpaired) electrons. The summed E-state index contributed by atoms with van der Waals surface area (Å²) in [4.78, 5) is 173. The van der Waals surface area contributed by atoms with Crippen LogP contribution in [0.4, 0.5) is 0 Å². The molecule has 2 unspecified atom stereocenters. The summed E-state index contributed by atoms with van der Waals surface area (Å²) in [5, 5.41) is 32.5. The van der Waals surface area contributed by atoms with E-state index in [-0.39, 0.29) is 62.2 Å². The van der Waals surface area contributed by atoms with Gasteiger partial charge in [-0.3, -0.25) is 52.7 Å². The van der Waals surface area contributed by atoms with Gasteiger partial charge in [0.2, 0.25) is 59.1 Å². The molecule has 0 aromatic heterocycles. The monoisotopic (exact) mass is 1260 g/mol. The molecule has 0 saturated heterocycles. The van der Waals surface area contributed by atoms with Crippen molar-refractivity contribution in [3.8, 4) is 0 Å². The number of esters is 1. The van der Waals surface area contributed by atoms with Crippen LogP contribution in [0.25, 0.3) is 0 Å². The summed E-state index contributed by atoms with van der Waals surface area (Å²) in [5.74, 6) is -11.5. The summed E-state index contributed by atoms with van der Waals surface area (Å²) in [6, 6.07) is -12.6. The highest BCUT2D eigenvalue weighted by Gasteiger charge is 2.44. The van der Waals surface area contributed by atoms with Gasteiger partial charge in [-0.25, -0.2) is 4.79 Å². The van der Waals surface area contributed by atoms with Gasteiger partial charge in [0, 0.05) is 49.2 Å². The summed E-state index contributed by atoms with van der Waals surface area (Å²) in [6.45, 7) is 27.9. The van der Waals surface area contributed by atoms with Crippen LogP contribution < -0.4 is 27.0 Å². The Kier molecular flexibility index (Phi) is 35.8. The zero-order valence-corrected chi connectivity index (χ0v) is 57.7. The minimum absolute atomic E-state index is 0.0164. The zero-order valence-electron chi connectivity index (χ0n) is 57.7. The van der Waals surface area contributed by atoms with Crippen LogP contribution in [0.5, 0.6) is 0 Å². The number of nitrogens with zero attached hydrogens (tertiary/aromatic N) is 6. The lowest BCUT2D eigenvalue weighted by Crippen LogP contribution is -2.63. The molecule has 0 bridgehead atoms. The van der Waals surface area contributed by atoms with Gasteiger partial charge < -0.3 is 71.4 Å². The third kappa shape index (κ3) is 26.0. The van der Waals surface area contributed by atoms with Crippen molar-refractivity contribution in [2.24, 2.45) is 47.2 Å². The van der Waals surface area contributed by atoms with Crippen molar-refractivity contribution in [3.63, 3.8) is 0 Å². The number of carbonyl (C=O) groups is 12. The van der Waals surface area contributed by atoms with Crippen molar-refractivity contribution in [1.82, 2.24) is 50.7 Å². The number of aliphatic hydroxyl groups excluding tert-OH is 1. The number of rotatable bonds is 38. The zero-order chi connectivity index (χ0) is 69.4. The van der Waals surface area contributed by atoms with Gasteiger partial charge in [-0.05, 0) is 93.8 Å². The van der Waals surface area contributed by atoms with E-state index in [0.29, 0.717) is 0 Å². The molecule has 0 fully saturated rings. The Morgan fingerprint density at radius 3 is 1.37 bits per heavy atom. The Bertz CT molecular complexity index is 2420. The Morgan fingerprint density at radius 2 is 0.944 bits per heavy atom. The second kappa shape index (κ2) is 38.8. The number of carboxylic acid groups (broad SMARTS) is 1. The first-order valence-corrected chi connectivity index (χ1v) is 31.2. The first-order valence-electron chi connectivity index (χ1n) is 31.2. The van der Waals surface area contributed by atoms with Crippen LogP contribution in [0.15, 0.2) is 12.2 Å². The first kappa shape index (κ1) is 82.3. The predicted molar refractivity (Wildman–Crippen MR) is 338 cm³/mol. The maximum Gasteiger partial charge on any atom is 0.326 e. The number of hydrogen-bond acceptors (Lipinski definition) is 15. The number of allylic oxidation sites excluding steroid dienone is 2. The minimum Gasteiger partial charge on any atom is -0.480 e. The molecule has 0 aromatic rings. The average Bonchev–Trinajstić information content (AvgIpc) is 1.09. The number of aliphatic carboxylic acids is 1. The van der Waals surface area contributed by atoms with E-state index in [1.165, 1.54) is 63.9 Å². The number of likely N-dealkylation sites (N-methyl/N-ethyl adjacent to an activating group) is 6. The summed E-state index contributed by atoms with van der Waals surface area (Å²) < 4.78 is 5.10. The Labute approximate surface area is 529 Å². The summed E-state index contributed by atoms with van der Waals surface area (Å²) in [6.07, 6.45) is 2.75. The maximum absolute atomic E-state index is 15.0. The number of hydrogen-bond donors (Lipinski definition) is 7. The van der Waals surface area contributed by atoms with E-state index in [2.05, 4.69) is 21.3 Å². The van der Waals surface area contributed by atoms with E-state index in [1.807, 2.05) is 55.4 Å². The summed E-state index contributed by atoms with van der Waals surface area (Å²) in [5.41, 5.74) is 5.77. The largest absolute Gasteiger partial charge is 0.480 e. The number of ether oxygens (including phenoxy) is 1. The number of aliphatic hydroxyl groups is 1. The van der Waals surface area contributed by atoms with Crippen molar-refractivity contribution in [3.05, 3.63) is 12.2 Å². The fraction of sp³-hybridized carbons (Fsp3) is 0.778. The molecule has 0 aliphatic heterocycles. The van der Waals surface area contributed by atoms with Crippen molar-refractivity contribution >= 4 is 71.0 Å². The highest BCUT2D eigenvalue weighted by Crippen LogP contribution is 2.24. The topological polar surface area (TPSA) is 348 Å². The standard InChI is InChI=1S/C63H113N11O15/c1-24-26-27-40(15)53(77)51(56(80)65-43(25-2)58(82)69(18)32-49(76)70(19)45(28-34(3)4)55(79)67-50(38(11)12)62(86)73(22)48(63(87)88)31-37(9)10)68-57(81)52(39(13)14)74(23)61(85)47(30-36(7)8)72(21)60(84)46(29-35(5)6)71(20)59(83)44(33-89-42(17)75)66-54(78)41(16)64/h24,26,34-41,43-48,50-53,77H,25,27-33,64H2,1-23H3,(H,65,80)(H,66,78)(H,67,79)(H,68,81)(H,87,88)/b26-24+/t40?,41-,43-,44+,45-,46-,47-,48-,50-,51-,52-,53?/m0/s1. The molecule has 0 aromatic carbocycles. The van der Waals surface area contributed by atoms with Gasteiger partial charge in [-0.1, -0.05) is 109 Å². The van der Waals surface area contributed by atoms with E-state index >= 15 is 0 Å². The second-order valence-corrected chi connectivity index (χ2v) is 26.2. The lowest BCUT2D eigenvalue weighted by Gasteiger charge is -2.40. The van der Waals surface area contributed by atoms with Gasteiger partial charge in [0.05, 0.1) is 18.7 Å². The quantitative estimate of drug-likeness (QED) is 0.0345. The van der Waals surface area contributed by atoms with Gasteiger partial charge in [-0.2, -0.15) is 0 Å². The highest BCUT2D eigenvalue weighted by atomic mass is 16.5. The van der Waals surface area contributed by atoms with Crippen LogP contribution in [-0.4, -0.2) is 233 Å². The van der Waals surface area contributed by atoms with Gasteiger partial charge in [0.1, 0.15) is 61.0 Å². The van der Waals surface area contributed by atoms with E-state index in [9.17, 15) is 67.7 Å². The molecule has 12 atom stereocenters. The molecule has 26 nitrogen and oxygen atoms in total. The predicted octanol–water partition coefficient (Wildman–Crippen LogP) is 2.38. The van der Waals surface area contributed by atoms with Gasteiger partial charge >= 0.3 is 11.9 Å². The van der Waals surface area contributed by atoms with Crippen LogP contribution in [-0.2, 0) is 62.3 Å². The van der Waals surface area contributed by atoms with E-state index in [0.717, 1.165) is 21.6 Å². The van der Waals surface area contributed by atoms with E-state index in [1.54, 1.807) is 60.6 Å². The number of carboxylic acids is 1. The SMILES string of the molecule is C/C=C/CC(C)C(O)[C@H](NC(=O)[C@H](C(C)C)N(C)C(=O)[C@H](CC(C)C)N(C)C(=O)[C@H](CC(C)C)N(C)C(=O)[C@@H](COC(C)=O)NC(=O)[C@H](C)N)C(=O)N[C@@H](CC)C(=O)N(C)CC(=O)N(C)[C@@H](CC(C)C)C(=O)N[C@H](C(=O)N(C)[C@@H](CC(C)C)C(=O)O)C(C)C. The van der Waals surface area contributed by atoms with Crippen molar-refractivity contribution in [2.45, 2.75) is 223 Å². The van der Waals surface area contributed by atoms with Gasteiger partial charge in [0.25, 0.3) is 0 Å². The molecule has 26 heteroatoms.